The average Bonchev–Trinajstić information content (AvgIpc) is 3.35. The summed E-state index contributed by atoms with van der Waals surface area (Å²) in [6.07, 6.45) is 10.0. The van der Waals surface area contributed by atoms with Crippen molar-refractivity contribution < 1.29 is 4.79 Å². The quantitative estimate of drug-likeness (QED) is 0.562. The van der Waals surface area contributed by atoms with Gasteiger partial charge in [-0.15, -0.1) is 11.3 Å². The lowest BCUT2D eigenvalue weighted by Gasteiger charge is -2.08. The van der Waals surface area contributed by atoms with Crippen molar-refractivity contribution in [2.24, 2.45) is 5.10 Å². The molecule has 2 aromatic heterocycles. The van der Waals surface area contributed by atoms with Crippen molar-refractivity contribution >= 4 is 23.0 Å². The summed E-state index contributed by atoms with van der Waals surface area (Å²) in [6, 6.07) is 10.0. The fourth-order valence-electron chi connectivity index (χ4n) is 3.14. The molecule has 1 N–H and O–H groups in total. The second-order valence-corrected chi connectivity index (χ2v) is 7.56. The number of carbonyl (C=O) groups excluding carboxylic acids is 1. The monoisotopic (exact) mass is 364 g/mol. The number of nitrogens with one attached hydrogen (secondary N) is 1. The zero-order valence-corrected chi connectivity index (χ0v) is 15.4. The summed E-state index contributed by atoms with van der Waals surface area (Å²) >= 11 is 1.60. The van der Waals surface area contributed by atoms with E-state index in [1.165, 1.54) is 23.3 Å². The first kappa shape index (κ1) is 16.7. The third kappa shape index (κ3) is 3.46. The summed E-state index contributed by atoms with van der Waals surface area (Å²) in [4.78, 5) is 18.6. The van der Waals surface area contributed by atoms with Crippen LogP contribution in [-0.4, -0.2) is 21.2 Å². The molecule has 0 fully saturated rings. The molecule has 5 nitrogen and oxygen atoms in total. The van der Waals surface area contributed by atoms with Crippen LogP contribution in [0.5, 0.6) is 0 Å². The molecular weight excluding hydrogens is 344 g/mol. The molecule has 0 radical (unpaired) electrons. The highest BCUT2D eigenvalue weighted by atomic mass is 32.1. The van der Waals surface area contributed by atoms with E-state index in [1.54, 1.807) is 23.9 Å². The van der Waals surface area contributed by atoms with Gasteiger partial charge in [-0.2, -0.15) is 5.10 Å². The van der Waals surface area contributed by atoms with E-state index in [0.29, 0.717) is 0 Å². The number of carbonyl (C=O) groups is 1. The summed E-state index contributed by atoms with van der Waals surface area (Å²) in [6.45, 7) is 1.89. The van der Waals surface area contributed by atoms with Gasteiger partial charge in [0.25, 0.3) is 5.91 Å². The third-order valence-corrected chi connectivity index (χ3v) is 5.87. The first-order valence-corrected chi connectivity index (χ1v) is 9.57. The van der Waals surface area contributed by atoms with Crippen LogP contribution in [-0.2, 0) is 12.8 Å². The second kappa shape index (κ2) is 7.25. The van der Waals surface area contributed by atoms with Gasteiger partial charge in [0.1, 0.15) is 0 Å². The van der Waals surface area contributed by atoms with Crippen LogP contribution >= 0.6 is 11.3 Å². The number of aromatic nitrogens is 2. The third-order valence-electron chi connectivity index (χ3n) is 4.63. The first-order valence-electron chi connectivity index (χ1n) is 8.76. The van der Waals surface area contributed by atoms with Gasteiger partial charge >= 0.3 is 0 Å². The Hall–Kier alpha value is -2.73. The smallest absolute Gasteiger partial charge is 0.281 e. The van der Waals surface area contributed by atoms with Gasteiger partial charge in [-0.1, -0.05) is 12.1 Å². The number of hydrogen-bond donors (Lipinski definition) is 1. The van der Waals surface area contributed by atoms with Crippen molar-refractivity contribution in [1.82, 2.24) is 15.0 Å². The molecule has 0 unspecified atom stereocenters. The molecule has 3 aromatic rings. The van der Waals surface area contributed by atoms with E-state index in [0.717, 1.165) is 34.7 Å². The molecule has 0 saturated heterocycles. The SMILES string of the molecule is C/C(=N/NC(=O)c1cc2c(s1)CCCC2)c1ccc(-n2ccnc2)cc1. The van der Waals surface area contributed by atoms with Gasteiger partial charge in [0.05, 0.1) is 16.9 Å². The lowest BCUT2D eigenvalue weighted by Crippen LogP contribution is -2.18. The lowest BCUT2D eigenvalue weighted by atomic mass is 9.99. The van der Waals surface area contributed by atoms with E-state index in [-0.39, 0.29) is 5.91 Å². The normalized spacial score (nSPS) is 14.1. The van der Waals surface area contributed by atoms with Gasteiger partial charge in [0.15, 0.2) is 0 Å². The minimum Gasteiger partial charge on any atom is -0.306 e. The number of hydrogen-bond acceptors (Lipinski definition) is 4. The topological polar surface area (TPSA) is 59.3 Å². The molecule has 26 heavy (non-hydrogen) atoms. The summed E-state index contributed by atoms with van der Waals surface area (Å²) < 4.78 is 1.94. The maximum absolute atomic E-state index is 12.4. The number of imidazole rings is 1. The van der Waals surface area contributed by atoms with Crippen LogP contribution in [0.2, 0.25) is 0 Å². The van der Waals surface area contributed by atoms with Crippen LogP contribution in [0.25, 0.3) is 5.69 Å². The molecule has 1 aliphatic carbocycles. The highest BCUT2D eigenvalue weighted by molar-refractivity contribution is 7.14. The van der Waals surface area contributed by atoms with E-state index in [9.17, 15) is 4.79 Å². The maximum atomic E-state index is 12.4. The minimum absolute atomic E-state index is 0.126. The van der Waals surface area contributed by atoms with Crippen molar-refractivity contribution in [3.8, 4) is 5.69 Å². The van der Waals surface area contributed by atoms with E-state index >= 15 is 0 Å². The van der Waals surface area contributed by atoms with Crippen LogP contribution in [0.1, 0.15) is 45.4 Å². The van der Waals surface area contributed by atoms with Crippen molar-refractivity contribution in [2.45, 2.75) is 32.6 Å². The number of hydrazone groups is 1. The van der Waals surface area contributed by atoms with E-state index < -0.39 is 0 Å². The molecular formula is C20H20N4OS. The van der Waals surface area contributed by atoms with Gasteiger partial charge in [-0.25, -0.2) is 10.4 Å². The summed E-state index contributed by atoms with van der Waals surface area (Å²) in [5.74, 6) is -0.126. The average molecular weight is 364 g/mol. The maximum Gasteiger partial charge on any atom is 0.281 e. The van der Waals surface area contributed by atoms with Gasteiger partial charge in [0.2, 0.25) is 0 Å². The number of amides is 1. The Morgan fingerprint density at radius 3 is 2.77 bits per heavy atom. The largest absolute Gasteiger partial charge is 0.306 e. The van der Waals surface area contributed by atoms with Crippen molar-refractivity contribution in [3.63, 3.8) is 0 Å². The van der Waals surface area contributed by atoms with Gasteiger partial charge in [-0.3, -0.25) is 4.79 Å². The molecule has 1 aromatic carbocycles. The highest BCUT2D eigenvalue weighted by Crippen LogP contribution is 2.29. The molecule has 2 heterocycles. The second-order valence-electron chi connectivity index (χ2n) is 6.42. The molecule has 4 rings (SSSR count). The van der Waals surface area contributed by atoms with Crippen LogP contribution in [0.4, 0.5) is 0 Å². The number of benzene rings is 1. The zero-order chi connectivity index (χ0) is 17.9. The number of fused-ring (bicyclic) bond motifs is 1. The van der Waals surface area contributed by atoms with Crippen molar-refractivity contribution in [1.29, 1.82) is 0 Å². The van der Waals surface area contributed by atoms with Crippen molar-refractivity contribution in [2.75, 3.05) is 0 Å². The highest BCUT2D eigenvalue weighted by Gasteiger charge is 2.17. The zero-order valence-electron chi connectivity index (χ0n) is 14.6. The lowest BCUT2D eigenvalue weighted by molar-refractivity contribution is 0.0959. The Morgan fingerprint density at radius 1 is 1.23 bits per heavy atom. The van der Waals surface area contributed by atoms with E-state index in [4.69, 9.17) is 0 Å². The summed E-state index contributed by atoms with van der Waals surface area (Å²) in [5.41, 5.74) is 6.81. The Labute approximate surface area is 156 Å². The molecule has 6 heteroatoms. The predicted octanol–water partition coefficient (Wildman–Crippen LogP) is 3.97. The summed E-state index contributed by atoms with van der Waals surface area (Å²) in [5, 5.41) is 4.27. The molecule has 0 saturated carbocycles. The number of rotatable bonds is 4. The van der Waals surface area contributed by atoms with Crippen LogP contribution in [0.15, 0.2) is 54.2 Å². The number of aryl methyl sites for hydroxylation is 2. The predicted molar refractivity (Wildman–Crippen MR) is 104 cm³/mol. The van der Waals surface area contributed by atoms with Crippen LogP contribution in [0.3, 0.4) is 0 Å². The Bertz CT molecular complexity index is 915. The Kier molecular flexibility index (Phi) is 4.67. The van der Waals surface area contributed by atoms with Crippen LogP contribution < -0.4 is 5.43 Å². The molecule has 1 aliphatic rings. The standard InChI is InChI=1S/C20H20N4OS/c1-14(15-6-8-17(9-7-15)24-11-10-21-13-24)22-23-20(25)19-12-16-4-2-3-5-18(16)26-19/h6-13H,2-5H2,1H3,(H,23,25)/b22-14-. The van der Waals surface area contributed by atoms with Crippen LogP contribution in [0, 0.1) is 0 Å². The molecule has 0 atom stereocenters. The van der Waals surface area contributed by atoms with E-state index in [2.05, 4.69) is 15.5 Å². The fraction of sp³-hybridized carbons (Fsp3) is 0.250. The number of nitrogens with zero attached hydrogens (tertiary/aromatic N) is 3. The van der Waals surface area contributed by atoms with E-state index in [1.807, 2.05) is 48.0 Å². The minimum atomic E-state index is -0.126. The Morgan fingerprint density at radius 2 is 2.04 bits per heavy atom. The first-order chi connectivity index (χ1) is 12.7. The number of thiophene rings is 1. The molecule has 132 valence electrons. The summed E-state index contributed by atoms with van der Waals surface area (Å²) in [7, 11) is 0. The Balaban J connectivity index is 1.44. The molecule has 0 spiro atoms. The van der Waals surface area contributed by atoms with Gasteiger partial charge in [-0.05, 0) is 61.9 Å². The van der Waals surface area contributed by atoms with Gasteiger partial charge < -0.3 is 4.57 Å². The molecule has 0 aliphatic heterocycles. The van der Waals surface area contributed by atoms with Crippen molar-refractivity contribution in [3.05, 3.63) is 69.9 Å². The van der Waals surface area contributed by atoms with Gasteiger partial charge in [0, 0.05) is 23.0 Å². The fourth-order valence-corrected chi connectivity index (χ4v) is 4.29. The molecule has 1 amide bonds. The molecule has 0 bridgehead atoms.